The van der Waals surface area contributed by atoms with Gasteiger partial charge in [-0.3, -0.25) is 9.59 Å². The van der Waals surface area contributed by atoms with E-state index in [1.165, 1.54) is 19.1 Å². The second-order valence-corrected chi connectivity index (χ2v) is 5.50. The number of Topliss-reactive ketones (excluding diaryl/α,β-unsaturated/α-hetero) is 1. The molecule has 0 spiro atoms. The molecule has 0 heterocycles. The Kier molecular flexibility index (Phi) is 5.68. The van der Waals surface area contributed by atoms with E-state index in [2.05, 4.69) is 5.32 Å². The quantitative estimate of drug-likeness (QED) is 0.817. The second-order valence-electron chi connectivity index (χ2n) is 5.50. The molecule has 0 bridgehead atoms. The highest BCUT2D eigenvalue weighted by Gasteiger charge is 2.13. The van der Waals surface area contributed by atoms with Crippen molar-refractivity contribution in [2.75, 3.05) is 11.9 Å². The molecule has 24 heavy (non-hydrogen) atoms. The molecule has 2 aromatic carbocycles. The van der Waals surface area contributed by atoms with E-state index < -0.39 is 5.82 Å². The topological polar surface area (TPSA) is 55.4 Å². The zero-order valence-corrected chi connectivity index (χ0v) is 14.0. The summed E-state index contributed by atoms with van der Waals surface area (Å²) < 4.78 is 18.6. The zero-order chi connectivity index (χ0) is 17.7. The van der Waals surface area contributed by atoms with Gasteiger partial charge in [-0.25, -0.2) is 4.39 Å². The summed E-state index contributed by atoms with van der Waals surface area (Å²) in [6.45, 7) is 4.99. The fourth-order valence-electron chi connectivity index (χ4n) is 2.42. The first-order valence-corrected chi connectivity index (χ1v) is 7.74. The van der Waals surface area contributed by atoms with Crippen molar-refractivity contribution >= 4 is 17.4 Å². The van der Waals surface area contributed by atoms with Gasteiger partial charge >= 0.3 is 0 Å². The third-order valence-corrected chi connectivity index (χ3v) is 3.68. The molecule has 0 atom stereocenters. The first-order valence-electron chi connectivity index (χ1n) is 7.74. The van der Waals surface area contributed by atoms with Gasteiger partial charge < -0.3 is 10.1 Å². The molecule has 4 nitrogen and oxygen atoms in total. The van der Waals surface area contributed by atoms with Crippen LogP contribution in [0.4, 0.5) is 10.1 Å². The predicted octanol–water partition coefficient (Wildman–Crippen LogP) is 3.92. The van der Waals surface area contributed by atoms with Crippen LogP contribution in [0.5, 0.6) is 5.75 Å². The number of amides is 1. The molecule has 0 aliphatic carbocycles. The molecule has 1 N–H and O–H groups in total. The van der Waals surface area contributed by atoms with Crippen LogP contribution in [-0.4, -0.2) is 18.3 Å². The van der Waals surface area contributed by atoms with E-state index in [1.807, 2.05) is 32.0 Å². The summed E-state index contributed by atoms with van der Waals surface area (Å²) in [6.07, 6.45) is 0.796. The van der Waals surface area contributed by atoms with Gasteiger partial charge in [0.2, 0.25) is 0 Å². The summed E-state index contributed by atoms with van der Waals surface area (Å²) >= 11 is 0. The standard InChI is InChI=1S/C19H20FNO3/c1-4-14-7-5-6-12(2)19(14)21-18(23)11-24-17-9-8-15(20)10-16(17)13(3)22/h5-10H,4,11H2,1-3H3,(H,21,23). The van der Waals surface area contributed by atoms with Gasteiger partial charge in [-0.15, -0.1) is 0 Å². The monoisotopic (exact) mass is 329 g/mol. The molecule has 0 radical (unpaired) electrons. The average molecular weight is 329 g/mol. The number of benzene rings is 2. The van der Waals surface area contributed by atoms with Crippen LogP contribution in [0.1, 0.15) is 35.3 Å². The van der Waals surface area contributed by atoms with Gasteiger partial charge in [0.1, 0.15) is 11.6 Å². The molecular weight excluding hydrogens is 309 g/mol. The molecule has 5 heteroatoms. The molecule has 126 valence electrons. The van der Waals surface area contributed by atoms with Gasteiger partial charge in [0.05, 0.1) is 5.56 Å². The number of aryl methyl sites for hydroxylation is 2. The van der Waals surface area contributed by atoms with Crippen molar-refractivity contribution in [1.82, 2.24) is 0 Å². The number of rotatable bonds is 6. The van der Waals surface area contributed by atoms with Crippen LogP contribution >= 0.6 is 0 Å². The minimum absolute atomic E-state index is 0.118. The Bertz CT molecular complexity index is 771. The summed E-state index contributed by atoms with van der Waals surface area (Å²) in [5.41, 5.74) is 2.90. The Morgan fingerprint density at radius 1 is 1.21 bits per heavy atom. The van der Waals surface area contributed by atoms with Gasteiger partial charge in [-0.2, -0.15) is 0 Å². The molecule has 0 saturated carbocycles. The number of ether oxygens (including phenoxy) is 1. The number of halogens is 1. The number of hydrogen-bond acceptors (Lipinski definition) is 3. The molecule has 0 aliphatic heterocycles. The van der Waals surface area contributed by atoms with Crippen molar-refractivity contribution in [2.24, 2.45) is 0 Å². The third-order valence-electron chi connectivity index (χ3n) is 3.68. The highest BCUT2D eigenvalue weighted by Crippen LogP contribution is 2.22. The smallest absolute Gasteiger partial charge is 0.262 e. The third kappa shape index (κ3) is 4.19. The fourth-order valence-corrected chi connectivity index (χ4v) is 2.42. The van der Waals surface area contributed by atoms with E-state index in [1.54, 1.807) is 0 Å². The SMILES string of the molecule is CCc1cccc(C)c1NC(=O)COc1ccc(F)cc1C(C)=O. The second kappa shape index (κ2) is 7.73. The first kappa shape index (κ1) is 17.7. The van der Waals surface area contributed by atoms with E-state index in [0.717, 1.165) is 29.3 Å². The van der Waals surface area contributed by atoms with Crippen LogP contribution in [0.2, 0.25) is 0 Å². The highest BCUT2D eigenvalue weighted by molar-refractivity contribution is 5.97. The van der Waals surface area contributed by atoms with Crippen molar-refractivity contribution in [2.45, 2.75) is 27.2 Å². The molecular formula is C19H20FNO3. The van der Waals surface area contributed by atoms with Gasteiger partial charge in [-0.05, 0) is 49.6 Å². The predicted molar refractivity (Wildman–Crippen MR) is 91.1 cm³/mol. The van der Waals surface area contributed by atoms with Crippen molar-refractivity contribution in [3.8, 4) is 5.75 Å². The molecule has 0 unspecified atom stereocenters. The number of para-hydroxylation sites is 1. The van der Waals surface area contributed by atoms with Gasteiger partial charge in [-0.1, -0.05) is 25.1 Å². The maximum absolute atomic E-state index is 13.2. The molecule has 1 amide bonds. The number of anilines is 1. The van der Waals surface area contributed by atoms with Crippen LogP contribution < -0.4 is 10.1 Å². The first-order chi connectivity index (χ1) is 11.4. The molecule has 0 aromatic heterocycles. The average Bonchev–Trinajstić information content (AvgIpc) is 2.55. The van der Waals surface area contributed by atoms with Crippen molar-refractivity contribution in [3.63, 3.8) is 0 Å². The fraction of sp³-hybridized carbons (Fsp3) is 0.263. The normalized spacial score (nSPS) is 10.3. The lowest BCUT2D eigenvalue weighted by Crippen LogP contribution is -2.22. The lowest BCUT2D eigenvalue weighted by Gasteiger charge is -2.14. The minimum Gasteiger partial charge on any atom is -0.483 e. The van der Waals surface area contributed by atoms with Gasteiger partial charge in [0.25, 0.3) is 5.91 Å². The van der Waals surface area contributed by atoms with E-state index in [9.17, 15) is 14.0 Å². The Morgan fingerprint density at radius 2 is 1.96 bits per heavy atom. The zero-order valence-electron chi connectivity index (χ0n) is 14.0. The number of ketones is 1. The maximum atomic E-state index is 13.2. The van der Waals surface area contributed by atoms with E-state index in [4.69, 9.17) is 4.74 Å². The number of carbonyl (C=O) groups excluding carboxylic acids is 2. The van der Waals surface area contributed by atoms with Gasteiger partial charge in [0, 0.05) is 5.69 Å². The Balaban J connectivity index is 2.09. The van der Waals surface area contributed by atoms with E-state index in [0.29, 0.717) is 0 Å². The largest absolute Gasteiger partial charge is 0.483 e. The summed E-state index contributed by atoms with van der Waals surface area (Å²) in [7, 11) is 0. The number of nitrogens with one attached hydrogen (secondary N) is 1. The van der Waals surface area contributed by atoms with Crippen LogP contribution in [0.15, 0.2) is 36.4 Å². The molecule has 2 aromatic rings. The van der Waals surface area contributed by atoms with E-state index in [-0.39, 0.29) is 29.6 Å². The Morgan fingerprint density at radius 3 is 2.62 bits per heavy atom. The lowest BCUT2D eigenvalue weighted by molar-refractivity contribution is -0.118. The van der Waals surface area contributed by atoms with Crippen LogP contribution in [0.3, 0.4) is 0 Å². The molecule has 0 fully saturated rings. The van der Waals surface area contributed by atoms with Crippen LogP contribution in [-0.2, 0) is 11.2 Å². The van der Waals surface area contributed by atoms with Crippen LogP contribution in [0.25, 0.3) is 0 Å². The summed E-state index contributed by atoms with van der Waals surface area (Å²) in [4.78, 5) is 23.7. The number of hydrogen-bond donors (Lipinski definition) is 1. The van der Waals surface area contributed by atoms with Crippen molar-refractivity contribution in [3.05, 3.63) is 58.9 Å². The van der Waals surface area contributed by atoms with Crippen molar-refractivity contribution < 1.29 is 18.7 Å². The highest BCUT2D eigenvalue weighted by atomic mass is 19.1. The molecule has 0 saturated heterocycles. The van der Waals surface area contributed by atoms with Crippen molar-refractivity contribution in [1.29, 1.82) is 0 Å². The Labute approximate surface area is 140 Å². The summed E-state index contributed by atoms with van der Waals surface area (Å²) in [5.74, 6) is -0.987. The van der Waals surface area contributed by atoms with Gasteiger partial charge in [0.15, 0.2) is 12.4 Å². The minimum atomic E-state index is -0.524. The molecule has 0 aliphatic rings. The molecule has 2 rings (SSSR count). The summed E-state index contributed by atoms with van der Waals surface area (Å²) in [6, 6.07) is 9.46. The van der Waals surface area contributed by atoms with Crippen LogP contribution in [0, 0.1) is 12.7 Å². The maximum Gasteiger partial charge on any atom is 0.262 e. The Hall–Kier alpha value is -2.69. The number of carbonyl (C=O) groups is 2. The van der Waals surface area contributed by atoms with E-state index >= 15 is 0 Å². The summed E-state index contributed by atoms with van der Waals surface area (Å²) in [5, 5.41) is 2.84. The lowest BCUT2D eigenvalue weighted by atomic mass is 10.1.